The molecule has 0 saturated carbocycles. The van der Waals surface area contributed by atoms with E-state index in [9.17, 15) is 0 Å². The van der Waals surface area contributed by atoms with Crippen LogP contribution in [0.2, 0.25) is 10.0 Å². The smallest absolute Gasteiger partial charge is 0.167 e. The second-order valence-electron chi connectivity index (χ2n) is 5.96. The number of piperazine rings is 1. The Balaban J connectivity index is 1.44. The van der Waals surface area contributed by atoms with Crippen molar-refractivity contribution in [2.24, 2.45) is 0 Å². The zero-order valence-corrected chi connectivity index (χ0v) is 14.6. The number of anilines is 1. The summed E-state index contributed by atoms with van der Waals surface area (Å²) in [6.45, 7) is 4.52. The fourth-order valence-corrected chi connectivity index (χ4v) is 3.56. The first-order valence-corrected chi connectivity index (χ1v) is 8.72. The highest BCUT2D eigenvalue weighted by atomic mass is 35.5. The lowest BCUT2D eigenvalue weighted by molar-refractivity contribution is 0.243. The molecular weight excluding hydrogens is 345 g/mol. The van der Waals surface area contributed by atoms with Crippen LogP contribution in [-0.4, -0.2) is 36.2 Å². The Morgan fingerprint density at radius 1 is 0.958 bits per heavy atom. The number of halogens is 2. The summed E-state index contributed by atoms with van der Waals surface area (Å²) in [5.41, 5.74) is 2.85. The molecule has 2 heterocycles. The molecule has 0 radical (unpaired) electrons. The number of hydrogen-bond acceptors (Lipinski definition) is 4. The third-order valence-electron chi connectivity index (χ3n) is 4.47. The Morgan fingerprint density at radius 2 is 1.75 bits per heavy atom. The van der Waals surface area contributed by atoms with Gasteiger partial charge in [0.15, 0.2) is 5.58 Å². The minimum atomic E-state index is 0.602. The minimum absolute atomic E-state index is 0.602. The summed E-state index contributed by atoms with van der Waals surface area (Å²) in [5, 5.41) is 6.56. The predicted octanol–water partition coefficient (Wildman–Crippen LogP) is 4.46. The molecule has 0 atom stereocenters. The molecule has 1 saturated heterocycles. The summed E-state index contributed by atoms with van der Waals surface area (Å²) >= 11 is 12.5. The van der Waals surface area contributed by atoms with E-state index < -0.39 is 0 Å². The molecule has 1 fully saturated rings. The second kappa shape index (κ2) is 6.63. The SMILES string of the molecule is Clc1cccc(N2CCN(Cc3noc4ccccc34)CC2)c1Cl. The first-order chi connectivity index (χ1) is 11.7. The molecule has 0 aliphatic carbocycles. The summed E-state index contributed by atoms with van der Waals surface area (Å²) in [7, 11) is 0. The zero-order chi connectivity index (χ0) is 16.5. The van der Waals surface area contributed by atoms with Gasteiger partial charge in [0.1, 0.15) is 5.69 Å². The number of aromatic nitrogens is 1. The maximum absolute atomic E-state index is 6.33. The summed E-state index contributed by atoms with van der Waals surface area (Å²) in [6.07, 6.45) is 0. The fraction of sp³-hybridized carbons (Fsp3) is 0.278. The number of hydrogen-bond donors (Lipinski definition) is 0. The number of para-hydroxylation sites is 1. The summed E-state index contributed by atoms with van der Waals surface area (Å²) < 4.78 is 5.39. The summed E-state index contributed by atoms with van der Waals surface area (Å²) in [5.74, 6) is 0. The van der Waals surface area contributed by atoms with Crippen molar-refractivity contribution < 1.29 is 4.52 Å². The van der Waals surface area contributed by atoms with E-state index in [4.69, 9.17) is 27.7 Å². The molecule has 0 N–H and O–H groups in total. The van der Waals surface area contributed by atoms with Crippen LogP contribution < -0.4 is 4.90 Å². The molecule has 2 aromatic carbocycles. The minimum Gasteiger partial charge on any atom is -0.368 e. The van der Waals surface area contributed by atoms with Crippen molar-refractivity contribution in [2.45, 2.75) is 6.54 Å². The molecule has 1 aromatic heterocycles. The number of fused-ring (bicyclic) bond motifs is 1. The number of rotatable bonds is 3. The molecule has 0 unspecified atom stereocenters. The van der Waals surface area contributed by atoms with Gasteiger partial charge in [0.05, 0.1) is 15.7 Å². The highest BCUT2D eigenvalue weighted by Gasteiger charge is 2.21. The van der Waals surface area contributed by atoms with Gasteiger partial charge in [-0.3, -0.25) is 4.90 Å². The topological polar surface area (TPSA) is 32.5 Å². The lowest BCUT2D eigenvalue weighted by atomic mass is 10.2. The molecule has 24 heavy (non-hydrogen) atoms. The molecule has 3 aromatic rings. The van der Waals surface area contributed by atoms with Gasteiger partial charge in [0.2, 0.25) is 0 Å². The maximum atomic E-state index is 6.33. The summed E-state index contributed by atoms with van der Waals surface area (Å²) in [6, 6.07) is 13.8. The van der Waals surface area contributed by atoms with Gasteiger partial charge >= 0.3 is 0 Å². The standard InChI is InChI=1S/C18H17Cl2N3O/c19-14-5-3-6-16(18(14)20)23-10-8-22(9-11-23)12-15-13-4-1-2-7-17(13)24-21-15/h1-7H,8-12H2. The molecule has 1 aliphatic rings. The average molecular weight is 362 g/mol. The van der Waals surface area contributed by atoms with Crippen molar-refractivity contribution in [3.63, 3.8) is 0 Å². The second-order valence-corrected chi connectivity index (χ2v) is 6.75. The van der Waals surface area contributed by atoms with Crippen molar-refractivity contribution in [1.82, 2.24) is 10.1 Å². The van der Waals surface area contributed by atoms with E-state index in [0.717, 1.165) is 55.1 Å². The highest BCUT2D eigenvalue weighted by molar-refractivity contribution is 6.43. The van der Waals surface area contributed by atoms with Gasteiger partial charge in [-0.25, -0.2) is 0 Å². The van der Waals surface area contributed by atoms with E-state index >= 15 is 0 Å². The molecule has 1 aliphatic heterocycles. The first kappa shape index (κ1) is 15.8. The molecule has 4 rings (SSSR count). The Morgan fingerprint density at radius 3 is 2.58 bits per heavy atom. The van der Waals surface area contributed by atoms with Gasteiger partial charge in [-0.1, -0.05) is 46.6 Å². The molecular formula is C18H17Cl2N3O. The van der Waals surface area contributed by atoms with Crippen molar-refractivity contribution >= 4 is 39.9 Å². The van der Waals surface area contributed by atoms with Crippen molar-refractivity contribution in [1.29, 1.82) is 0 Å². The normalized spacial score (nSPS) is 16.0. The summed E-state index contributed by atoms with van der Waals surface area (Å²) in [4.78, 5) is 4.67. The van der Waals surface area contributed by atoms with Gasteiger partial charge in [0, 0.05) is 38.1 Å². The maximum Gasteiger partial charge on any atom is 0.167 e. The van der Waals surface area contributed by atoms with E-state index in [1.807, 2.05) is 36.4 Å². The lowest BCUT2D eigenvalue weighted by Crippen LogP contribution is -2.46. The van der Waals surface area contributed by atoms with Gasteiger partial charge in [0.25, 0.3) is 0 Å². The number of benzene rings is 2. The van der Waals surface area contributed by atoms with E-state index in [1.54, 1.807) is 0 Å². The third-order valence-corrected chi connectivity index (χ3v) is 5.28. The van der Waals surface area contributed by atoms with Crippen molar-refractivity contribution in [3.05, 3.63) is 58.2 Å². The van der Waals surface area contributed by atoms with Crippen molar-refractivity contribution in [3.8, 4) is 0 Å². The van der Waals surface area contributed by atoms with Gasteiger partial charge in [-0.2, -0.15) is 0 Å². The molecule has 6 heteroatoms. The molecule has 0 spiro atoms. The number of nitrogens with zero attached hydrogens (tertiary/aromatic N) is 3. The van der Waals surface area contributed by atoms with E-state index in [0.29, 0.717) is 10.0 Å². The average Bonchev–Trinajstić information content (AvgIpc) is 3.01. The van der Waals surface area contributed by atoms with Crippen LogP contribution in [-0.2, 0) is 6.54 Å². The van der Waals surface area contributed by atoms with Crippen molar-refractivity contribution in [2.75, 3.05) is 31.1 Å². The Bertz CT molecular complexity index is 856. The quantitative estimate of drug-likeness (QED) is 0.689. The fourth-order valence-electron chi connectivity index (χ4n) is 3.15. The van der Waals surface area contributed by atoms with Crippen LogP contribution in [0.1, 0.15) is 5.69 Å². The van der Waals surface area contributed by atoms with Gasteiger partial charge in [-0.15, -0.1) is 0 Å². The predicted molar refractivity (Wildman–Crippen MR) is 98.0 cm³/mol. The van der Waals surface area contributed by atoms with E-state index in [1.165, 1.54) is 0 Å². The molecule has 124 valence electrons. The highest BCUT2D eigenvalue weighted by Crippen LogP contribution is 2.33. The van der Waals surface area contributed by atoms with Crippen LogP contribution in [0.5, 0.6) is 0 Å². The van der Waals surface area contributed by atoms with Crippen LogP contribution in [0, 0.1) is 0 Å². The Labute approximate surface area is 150 Å². The first-order valence-electron chi connectivity index (χ1n) is 7.97. The van der Waals surface area contributed by atoms with E-state index in [-0.39, 0.29) is 0 Å². The largest absolute Gasteiger partial charge is 0.368 e. The van der Waals surface area contributed by atoms with Crippen LogP contribution in [0.15, 0.2) is 47.0 Å². The zero-order valence-electron chi connectivity index (χ0n) is 13.1. The van der Waals surface area contributed by atoms with Crippen LogP contribution in [0.3, 0.4) is 0 Å². The third kappa shape index (κ3) is 2.97. The van der Waals surface area contributed by atoms with E-state index in [2.05, 4.69) is 21.0 Å². The van der Waals surface area contributed by atoms with Gasteiger partial charge < -0.3 is 9.42 Å². The molecule has 0 bridgehead atoms. The Kier molecular flexibility index (Phi) is 4.35. The van der Waals surface area contributed by atoms with Crippen LogP contribution >= 0.6 is 23.2 Å². The van der Waals surface area contributed by atoms with Crippen LogP contribution in [0.25, 0.3) is 11.0 Å². The van der Waals surface area contributed by atoms with Crippen LogP contribution in [0.4, 0.5) is 5.69 Å². The van der Waals surface area contributed by atoms with Gasteiger partial charge in [-0.05, 0) is 24.3 Å². The monoisotopic (exact) mass is 361 g/mol. The lowest BCUT2D eigenvalue weighted by Gasteiger charge is -2.36. The molecule has 4 nitrogen and oxygen atoms in total. The molecule has 0 amide bonds. The Hall–Kier alpha value is -1.75.